The molecule has 2 heterocycles. The minimum absolute atomic E-state index is 0.746. The molecule has 3 rings (SSSR count). The summed E-state index contributed by atoms with van der Waals surface area (Å²) in [5.74, 6) is 0.746. The number of ether oxygens (including phenoxy) is 1. The van der Waals surface area contributed by atoms with Crippen molar-refractivity contribution >= 4 is 34.1 Å². The van der Waals surface area contributed by atoms with Gasteiger partial charge in [0.1, 0.15) is 5.75 Å². The van der Waals surface area contributed by atoms with Crippen molar-refractivity contribution in [3.63, 3.8) is 0 Å². The maximum atomic E-state index is 5.61. The summed E-state index contributed by atoms with van der Waals surface area (Å²) in [7, 11) is 1.64. The molecule has 3 N–H and O–H groups in total. The summed E-state index contributed by atoms with van der Waals surface area (Å²) in [4.78, 5) is 9.64. The van der Waals surface area contributed by atoms with E-state index in [-0.39, 0.29) is 0 Å². The Bertz CT molecular complexity index is 761. The van der Waals surface area contributed by atoms with Crippen LogP contribution in [0.5, 0.6) is 5.75 Å². The lowest BCUT2D eigenvalue weighted by Crippen LogP contribution is -1.95. The maximum absolute atomic E-state index is 5.61. The highest BCUT2D eigenvalue weighted by Crippen LogP contribution is 2.33. The van der Waals surface area contributed by atoms with Gasteiger partial charge in [-0.3, -0.25) is 10.1 Å². The van der Waals surface area contributed by atoms with Gasteiger partial charge < -0.3 is 10.1 Å². The van der Waals surface area contributed by atoms with Crippen molar-refractivity contribution in [3.8, 4) is 17.0 Å². The third-order valence-corrected chi connectivity index (χ3v) is 4.29. The number of anilines is 2. The second-order valence-corrected chi connectivity index (χ2v) is 5.95. The molecule has 0 saturated heterocycles. The van der Waals surface area contributed by atoms with E-state index in [1.807, 2.05) is 35.7 Å². The summed E-state index contributed by atoms with van der Waals surface area (Å²) in [6.07, 6.45) is 3.54. The van der Waals surface area contributed by atoms with Gasteiger partial charge in [0.2, 0.25) is 0 Å². The molecule has 22 heavy (non-hydrogen) atoms. The van der Waals surface area contributed by atoms with Crippen molar-refractivity contribution in [3.05, 3.63) is 48.1 Å². The Labute approximate surface area is 136 Å². The van der Waals surface area contributed by atoms with Gasteiger partial charge in [-0.1, -0.05) is 0 Å². The van der Waals surface area contributed by atoms with Crippen molar-refractivity contribution in [1.29, 1.82) is 0 Å². The summed E-state index contributed by atoms with van der Waals surface area (Å²) < 4.78 is 5.36. The average Bonchev–Trinajstić information content (AvgIpc) is 3.04. The smallest absolute Gasteiger partial charge is 0.187 e. The van der Waals surface area contributed by atoms with Crippen molar-refractivity contribution in [1.82, 2.24) is 9.97 Å². The Morgan fingerprint density at radius 3 is 2.95 bits per heavy atom. The summed E-state index contributed by atoms with van der Waals surface area (Å²) in [6.45, 7) is 0. The van der Waals surface area contributed by atoms with Gasteiger partial charge in [0.25, 0.3) is 0 Å². The highest BCUT2D eigenvalue weighted by molar-refractivity contribution is 7.97. The molecular weight excluding hydrogens is 316 g/mol. The van der Waals surface area contributed by atoms with Crippen LogP contribution in [0.2, 0.25) is 0 Å². The van der Waals surface area contributed by atoms with Crippen molar-refractivity contribution in [2.45, 2.75) is 4.90 Å². The predicted octanol–water partition coefficient (Wildman–Crippen LogP) is 3.92. The van der Waals surface area contributed by atoms with Gasteiger partial charge in [-0.25, -0.2) is 4.98 Å². The van der Waals surface area contributed by atoms with E-state index in [1.165, 1.54) is 23.3 Å². The SMILES string of the molecule is COc1ccc(SN)cc1Nc1nc(-c2cccnc2)cs1. The van der Waals surface area contributed by atoms with E-state index in [0.29, 0.717) is 0 Å². The Balaban J connectivity index is 1.86. The molecule has 0 saturated carbocycles. The summed E-state index contributed by atoms with van der Waals surface area (Å²) in [5, 5.41) is 11.7. The van der Waals surface area contributed by atoms with Crippen LogP contribution in [0.1, 0.15) is 0 Å². The number of aromatic nitrogens is 2. The molecule has 0 aliphatic carbocycles. The number of hydrogen-bond donors (Lipinski definition) is 2. The standard InChI is InChI=1S/C15H14N4OS2/c1-20-14-5-4-11(22-16)7-12(14)18-15-19-13(9-21-15)10-3-2-6-17-8-10/h2-9H,16H2,1H3,(H,18,19). The molecule has 0 aliphatic rings. The zero-order chi connectivity index (χ0) is 15.4. The number of nitrogens with zero attached hydrogens (tertiary/aromatic N) is 2. The van der Waals surface area contributed by atoms with Crippen LogP contribution in [0.25, 0.3) is 11.3 Å². The quantitative estimate of drug-likeness (QED) is 0.691. The Hall–Kier alpha value is -2.09. The van der Waals surface area contributed by atoms with Crippen molar-refractivity contribution in [2.24, 2.45) is 5.14 Å². The minimum atomic E-state index is 0.746. The molecule has 0 radical (unpaired) electrons. The predicted molar refractivity (Wildman–Crippen MR) is 91.7 cm³/mol. The van der Waals surface area contributed by atoms with Crippen LogP contribution >= 0.6 is 23.3 Å². The minimum Gasteiger partial charge on any atom is -0.495 e. The van der Waals surface area contributed by atoms with E-state index in [0.717, 1.165) is 32.7 Å². The largest absolute Gasteiger partial charge is 0.495 e. The highest BCUT2D eigenvalue weighted by atomic mass is 32.2. The number of nitrogens with two attached hydrogens (primary N) is 1. The van der Waals surface area contributed by atoms with E-state index in [2.05, 4.69) is 15.3 Å². The fourth-order valence-corrected chi connectivity index (χ4v) is 3.02. The first-order valence-electron chi connectivity index (χ1n) is 6.48. The van der Waals surface area contributed by atoms with Gasteiger partial charge in [0, 0.05) is 28.2 Å². The molecule has 0 aliphatic heterocycles. The first-order valence-corrected chi connectivity index (χ1v) is 8.24. The van der Waals surface area contributed by atoms with Gasteiger partial charge in [0.05, 0.1) is 18.5 Å². The van der Waals surface area contributed by atoms with E-state index < -0.39 is 0 Å². The lowest BCUT2D eigenvalue weighted by atomic mass is 10.2. The highest BCUT2D eigenvalue weighted by Gasteiger charge is 2.09. The van der Waals surface area contributed by atoms with Crippen LogP contribution in [0.3, 0.4) is 0 Å². The second-order valence-electron chi connectivity index (χ2n) is 4.38. The van der Waals surface area contributed by atoms with Crippen LogP contribution < -0.4 is 15.2 Å². The molecule has 5 nitrogen and oxygen atoms in total. The van der Waals surface area contributed by atoms with Crippen LogP contribution in [0, 0.1) is 0 Å². The number of methoxy groups -OCH3 is 1. The van der Waals surface area contributed by atoms with Gasteiger partial charge >= 0.3 is 0 Å². The van der Waals surface area contributed by atoms with Crippen LogP contribution in [0.4, 0.5) is 10.8 Å². The molecule has 112 valence electrons. The monoisotopic (exact) mass is 330 g/mol. The summed E-state index contributed by atoms with van der Waals surface area (Å²) >= 11 is 2.72. The van der Waals surface area contributed by atoms with E-state index in [4.69, 9.17) is 9.88 Å². The van der Waals surface area contributed by atoms with Gasteiger partial charge in [-0.2, -0.15) is 0 Å². The molecule has 2 aromatic heterocycles. The first-order chi connectivity index (χ1) is 10.8. The Morgan fingerprint density at radius 2 is 2.23 bits per heavy atom. The topological polar surface area (TPSA) is 73.1 Å². The van der Waals surface area contributed by atoms with Gasteiger partial charge in [0.15, 0.2) is 5.13 Å². The fourth-order valence-electron chi connectivity index (χ4n) is 1.95. The van der Waals surface area contributed by atoms with Gasteiger partial charge in [-0.05, 0) is 42.3 Å². The molecule has 7 heteroatoms. The number of thiazole rings is 1. The Kier molecular flexibility index (Phi) is 4.57. The van der Waals surface area contributed by atoms with Crippen molar-refractivity contribution in [2.75, 3.05) is 12.4 Å². The number of hydrogen-bond acceptors (Lipinski definition) is 7. The molecule has 1 aromatic carbocycles. The summed E-state index contributed by atoms with van der Waals surface area (Å²) in [5.41, 5.74) is 2.72. The molecule has 3 aromatic rings. The third kappa shape index (κ3) is 3.22. The zero-order valence-corrected chi connectivity index (χ0v) is 13.4. The number of pyridine rings is 1. The summed E-state index contributed by atoms with van der Waals surface area (Å²) in [6, 6.07) is 9.62. The fraction of sp³-hybridized carbons (Fsp3) is 0.0667. The van der Waals surface area contributed by atoms with E-state index in [9.17, 15) is 0 Å². The van der Waals surface area contributed by atoms with Crippen LogP contribution in [0.15, 0.2) is 53.0 Å². The number of benzene rings is 1. The van der Waals surface area contributed by atoms with E-state index >= 15 is 0 Å². The molecule has 0 spiro atoms. The number of nitrogens with one attached hydrogen (secondary N) is 1. The lowest BCUT2D eigenvalue weighted by molar-refractivity contribution is 0.416. The molecule has 0 unspecified atom stereocenters. The molecule has 0 bridgehead atoms. The molecule has 0 fully saturated rings. The zero-order valence-electron chi connectivity index (χ0n) is 11.8. The Morgan fingerprint density at radius 1 is 1.32 bits per heavy atom. The van der Waals surface area contributed by atoms with E-state index in [1.54, 1.807) is 19.5 Å². The average molecular weight is 330 g/mol. The van der Waals surface area contributed by atoms with Gasteiger partial charge in [-0.15, -0.1) is 11.3 Å². The lowest BCUT2D eigenvalue weighted by Gasteiger charge is -2.10. The maximum Gasteiger partial charge on any atom is 0.187 e. The third-order valence-electron chi connectivity index (χ3n) is 3.01. The van der Waals surface area contributed by atoms with Crippen LogP contribution in [-0.2, 0) is 0 Å². The molecule has 0 amide bonds. The normalized spacial score (nSPS) is 10.5. The number of rotatable bonds is 5. The first kappa shape index (κ1) is 14.8. The molecule has 0 atom stereocenters. The second kappa shape index (κ2) is 6.78. The van der Waals surface area contributed by atoms with Crippen LogP contribution in [-0.4, -0.2) is 17.1 Å². The molecular formula is C15H14N4OS2. The van der Waals surface area contributed by atoms with Crippen molar-refractivity contribution < 1.29 is 4.74 Å².